The third-order valence-electron chi connectivity index (χ3n) is 5.26. The van der Waals surface area contributed by atoms with Gasteiger partial charge < -0.3 is 20.1 Å². The molecular formula is C23H29N3O4. The fourth-order valence-electron chi connectivity index (χ4n) is 3.54. The van der Waals surface area contributed by atoms with Gasteiger partial charge in [-0.1, -0.05) is 35.9 Å². The van der Waals surface area contributed by atoms with Crippen LogP contribution in [-0.2, 0) is 22.7 Å². The zero-order chi connectivity index (χ0) is 21.5. The van der Waals surface area contributed by atoms with Gasteiger partial charge in [0.05, 0.1) is 26.7 Å². The maximum atomic E-state index is 12.5. The lowest BCUT2D eigenvalue weighted by atomic mass is 10.1. The van der Waals surface area contributed by atoms with Crippen LogP contribution in [0.25, 0.3) is 0 Å². The summed E-state index contributed by atoms with van der Waals surface area (Å²) in [6, 6.07) is 13.2. The Balaban J connectivity index is 1.63. The lowest BCUT2D eigenvalue weighted by Gasteiger charge is -2.34. The SMILES string of the molecule is COc1ccc(CN2CCNC(=O)C2CC(=O)NCc2ccc(C)cc2)cc1OC. The van der Waals surface area contributed by atoms with Crippen molar-refractivity contribution in [2.24, 2.45) is 0 Å². The Bertz CT molecular complexity index is 883. The minimum Gasteiger partial charge on any atom is -0.493 e. The van der Waals surface area contributed by atoms with Crippen LogP contribution < -0.4 is 20.1 Å². The van der Waals surface area contributed by atoms with Crippen molar-refractivity contribution in [2.75, 3.05) is 27.3 Å². The summed E-state index contributed by atoms with van der Waals surface area (Å²) in [5.41, 5.74) is 3.20. The number of carbonyl (C=O) groups excluding carboxylic acids is 2. The Hall–Kier alpha value is -3.06. The molecule has 1 fully saturated rings. The zero-order valence-corrected chi connectivity index (χ0v) is 17.7. The molecule has 2 aromatic rings. The van der Waals surface area contributed by atoms with E-state index in [9.17, 15) is 9.59 Å². The Labute approximate surface area is 177 Å². The summed E-state index contributed by atoms with van der Waals surface area (Å²) in [7, 11) is 3.19. The molecule has 1 aliphatic heterocycles. The highest BCUT2D eigenvalue weighted by Crippen LogP contribution is 2.28. The molecular weight excluding hydrogens is 382 g/mol. The van der Waals surface area contributed by atoms with E-state index in [-0.39, 0.29) is 18.2 Å². The molecule has 0 aliphatic carbocycles. The van der Waals surface area contributed by atoms with E-state index in [0.717, 1.165) is 11.1 Å². The second-order valence-electron chi connectivity index (χ2n) is 7.43. The minimum atomic E-state index is -0.509. The van der Waals surface area contributed by atoms with Gasteiger partial charge >= 0.3 is 0 Å². The molecule has 1 saturated heterocycles. The van der Waals surface area contributed by atoms with Crippen LogP contribution >= 0.6 is 0 Å². The molecule has 7 nitrogen and oxygen atoms in total. The number of methoxy groups -OCH3 is 2. The third-order valence-corrected chi connectivity index (χ3v) is 5.26. The number of nitrogens with zero attached hydrogens (tertiary/aromatic N) is 1. The van der Waals surface area contributed by atoms with E-state index in [0.29, 0.717) is 37.7 Å². The number of benzene rings is 2. The molecule has 7 heteroatoms. The van der Waals surface area contributed by atoms with E-state index in [1.807, 2.05) is 54.3 Å². The lowest BCUT2D eigenvalue weighted by Crippen LogP contribution is -2.56. The Morgan fingerprint density at radius 1 is 1.10 bits per heavy atom. The Morgan fingerprint density at radius 2 is 1.80 bits per heavy atom. The molecule has 0 spiro atoms. The van der Waals surface area contributed by atoms with Crippen molar-refractivity contribution in [3.8, 4) is 11.5 Å². The predicted molar refractivity (Wildman–Crippen MR) is 114 cm³/mol. The molecule has 30 heavy (non-hydrogen) atoms. The summed E-state index contributed by atoms with van der Waals surface area (Å²) in [6.07, 6.45) is 0.116. The molecule has 0 saturated carbocycles. The number of hydrogen-bond donors (Lipinski definition) is 2. The van der Waals surface area contributed by atoms with Crippen LogP contribution in [0.1, 0.15) is 23.1 Å². The quantitative estimate of drug-likeness (QED) is 0.695. The van der Waals surface area contributed by atoms with Crippen LogP contribution in [0.3, 0.4) is 0 Å². The molecule has 2 N–H and O–H groups in total. The minimum absolute atomic E-state index is 0.116. The third kappa shape index (κ3) is 5.51. The largest absolute Gasteiger partial charge is 0.493 e. The maximum Gasteiger partial charge on any atom is 0.237 e. The lowest BCUT2D eigenvalue weighted by molar-refractivity contribution is -0.134. The van der Waals surface area contributed by atoms with Crippen molar-refractivity contribution in [3.05, 3.63) is 59.2 Å². The molecule has 2 aromatic carbocycles. The van der Waals surface area contributed by atoms with Crippen molar-refractivity contribution in [3.63, 3.8) is 0 Å². The monoisotopic (exact) mass is 411 g/mol. The molecule has 1 atom stereocenters. The molecule has 0 aromatic heterocycles. The predicted octanol–water partition coefficient (Wildman–Crippen LogP) is 2.02. The second kappa shape index (κ2) is 10.1. The smallest absolute Gasteiger partial charge is 0.237 e. The van der Waals surface area contributed by atoms with Gasteiger partial charge in [0.15, 0.2) is 11.5 Å². The number of rotatable bonds is 8. The molecule has 1 heterocycles. The van der Waals surface area contributed by atoms with Crippen LogP contribution in [0.5, 0.6) is 11.5 Å². The van der Waals surface area contributed by atoms with Gasteiger partial charge in [-0.3, -0.25) is 14.5 Å². The van der Waals surface area contributed by atoms with Gasteiger partial charge in [0.2, 0.25) is 11.8 Å². The van der Waals surface area contributed by atoms with Crippen LogP contribution in [0.4, 0.5) is 0 Å². The number of nitrogens with one attached hydrogen (secondary N) is 2. The summed E-state index contributed by atoms with van der Waals surface area (Å²) in [4.78, 5) is 27.0. The average molecular weight is 412 g/mol. The van der Waals surface area contributed by atoms with Crippen molar-refractivity contribution in [1.82, 2.24) is 15.5 Å². The topological polar surface area (TPSA) is 79.9 Å². The van der Waals surface area contributed by atoms with Gasteiger partial charge in [-0.2, -0.15) is 0 Å². The first-order valence-corrected chi connectivity index (χ1v) is 10.0. The van der Waals surface area contributed by atoms with Gasteiger partial charge in [-0.05, 0) is 30.2 Å². The number of amides is 2. The molecule has 160 valence electrons. The van der Waals surface area contributed by atoms with Crippen molar-refractivity contribution in [1.29, 1.82) is 0 Å². The first kappa shape index (κ1) is 21.6. The van der Waals surface area contributed by atoms with Crippen LogP contribution in [0.15, 0.2) is 42.5 Å². The summed E-state index contributed by atoms with van der Waals surface area (Å²) < 4.78 is 10.7. The molecule has 0 bridgehead atoms. The first-order valence-electron chi connectivity index (χ1n) is 10.0. The summed E-state index contributed by atoms with van der Waals surface area (Å²) in [5.74, 6) is 1.04. The summed E-state index contributed by atoms with van der Waals surface area (Å²) in [6.45, 7) is 4.26. The highest BCUT2D eigenvalue weighted by molar-refractivity contribution is 5.88. The van der Waals surface area contributed by atoms with Crippen molar-refractivity contribution >= 4 is 11.8 Å². The standard InChI is InChI=1S/C23H29N3O4/c1-16-4-6-17(7-5-16)14-25-22(27)13-19-23(28)24-10-11-26(19)15-18-8-9-20(29-2)21(12-18)30-3/h4-9,12,19H,10-11,13-15H2,1-3H3,(H,24,28)(H,25,27). The fourth-order valence-corrected chi connectivity index (χ4v) is 3.54. The van der Waals surface area contributed by atoms with Gasteiger partial charge in [0, 0.05) is 26.2 Å². The molecule has 1 aliphatic rings. The Morgan fingerprint density at radius 3 is 2.50 bits per heavy atom. The number of aryl methyl sites for hydroxylation is 1. The fraction of sp³-hybridized carbons (Fsp3) is 0.391. The Kier molecular flexibility index (Phi) is 7.30. The average Bonchev–Trinajstić information content (AvgIpc) is 2.75. The first-order chi connectivity index (χ1) is 14.5. The molecule has 3 rings (SSSR count). The van der Waals surface area contributed by atoms with E-state index in [1.165, 1.54) is 5.56 Å². The van der Waals surface area contributed by atoms with Gasteiger partial charge in [0.1, 0.15) is 0 Å². The van der Waals surface area contributed by atoms with Gasteiger partial charge in [-0.15, -0.1) is 0 Å². The highest BCUT2D eigenvalue weighted by atomic mass is 16.5. The molecule has 1 unspecified atom stereocenters. The van der Waals surface area contributed by atoms with Crippen LogP contribution in [0, 0.1) is 6.92 Å². The van der Waals surface area contributed by atoms with Gasteiger partial charge in [-0.25, -0.2) is 0 Å². The maximum absolute atomic E-state index is 12.5. The zero-order valence-electron chi connectivity index (χ0n) is 17.7. The van der Waals surface area contributed by atoms with E-state index < -0.39 is 6.04 Å². The molecule has 0 radical (unpaired) electrons. The van der Waals surface area contributed by atoms with Crippen molar-refractivity contribution in [2.45, 2.75) is 32.5 Å². The number of carbonyl (C=O) groups is 2. The van der Waals surface area contributed by atoms with Gasteiger partial charge in [0.25, 0.3) is 0 Å². The van der Waals surface area contributed by atoms with E-state index in [1.54, 1.807) is 14.2 Å². The van der Waals surface area contributed by atoms with E-state index in [4.69, 9.17) is 9.47 Å². The van der Waals surface area contributed by atoms with Crippen LogP contribution in [-0.4, -0.2) is 50.1 Å². The molecule has 2 amide bonds. The van der Waals surface area contributed by atoms with E-state index in [2.05, 4.69) is 10.6 Å². The van der Waals surface area contributed by atoms with Crippen molar-refractivity contribution < 1.29 is 19.1 Å². The summed E-state index contributed by atoms with van der Waals surface area (Å²) >= 11 is 0. The number of hydrogen-bond acceptors (Lipinski definition) is 5. The summed E-state index contributed by atoms with van der Waals surface area (Å²) in [5, 5.41) is 5.79. The number of ether oxygens (including phenoxy) is 2. The number of piperazine rings is 1. The highest BCUT2D eigenvalue weighted by Gasteiger charge is 2.31. The second-order valence-corrected chi connectivity index (χ2v) is 7.43. The van der Waals surface area contributed by atoms with Crippen LogP contribution in [0.2, 0.25) is 0 Å². The van der Waals surface area contributed by atoms with E-state index >= 15 is 0 Å². The normalized spacial score (nSPS) is 16.6.